The maximum atomic E-state index is 4.93. The van der Waals surface area contributed by atoms with Gasteiger partial charge in [0.15, 0.2) is 0 Å². The zero-order valence-electron chi connectivity index (χ0n) is 4.31. The molecule has 7 heavy (non-hydrogen) atoms. The summed E-state index contributed by atoms with van der Waals surface area (Å²) in [6, 6.07) is 0. The van der Waals surface area contributed by atoms with Crippen LogP contribution in [0.1, 0.15) is 6.92 Å². The SMILES string of the molecule is CC1(CON)CO1. The summed E-state index contributed by atoms with van der Waals surface area (Å²) in [6.45, 7) is 3.25. The van der Waals surface area contributed by atoms with Gasteiger partial charge in [-0.15, -0.1) is 0 Å². The Morgan fingerprint density at radius 1 is 2.00 bits per heavy atom. The van der Waals surface area contributed by atoms with E-state index >= 15 is 0 Å². The summed E-state index contributed by atoms with van der Waals surface area (Å²) in [5, 5.41) is 0. The summed E-state index contributed by atoms with van der Waals surface area (Å²) >= 11 is 0. The highest BCUT2D eigenvalue weighted by Crippen LogP contribution is 2.24. The van der Waals surface area contributed by atoms with Gasteiger partial charge in [-0.3, -0.25) is 0 Å². The fourth-order valence-electron chi connectivity index (χ4n) is 0.383. The van der Waals surface area contributed by atoms with E-state index in [1.807, 2.05) is 6.92 Å². The number of epoxide rings is 1. The molecule has 0 radical (unpaired) electrons. The van der Waals surface area contributed by atoms with E-state index in [1.54, 1.807) is 0 Å². The van der Waals surface area contributed by atoms with Gasteiger partial charge in [0, 0.05) is 0 Å². The molecule has 1 heterocycles. The molecule has 1 fully saturated rings. The van der Waals surface area contributed by atoms with E-state index in [4.69, 9.17) is 10.6 Å². The lowest BCUT2D eigenvalue weighted by Gasteiger charge is -1.97. The van der Waals surface area contributed by atoms with Crippen molar-refractivity contribution in [3.63, 3.8) is 0 Å². The number of nitrogens with two attached hydrogens (primary N) is 1. The Labute approximate surface area is 42.3 Å². The van der Waals surface area contributed by atoms with E-state index in [2.05, 4.69) is 4.84 Å². The van der Waals surface area contributed by atoms with Gasteiger partial charge in [0.1, 0.15) is 5.60 Å². The molecule has 1 unspecified atom stereocenters. The number of hydrogen-bond donors (Lipinski definition) is 1. The highest BCUT2D eigenvalue weighted by molar-refractivity contribution is 4.85. The molecule has 3 nitrogen and oxygen atoms in total. The molecule has 1 rings (SSSR count). The fourth-order valence-corrected chi connectivity index (χ4v) is 0.383. The maximum Gasteiger partial charge on any atom is 0.114 e. The normalized spacial score (nSPS) is 38.6. The first-order valence-electron chi connectivity index (χ1n) is 2.22. The Balaban J connectivity index is 2.13. The summed E-state index contributed by atoms with van der Waals surface area (Å²) in [4.78, 5) is 4.34. The van der Waals surface area contributed by atoms with Gasteiger partial charge in [0.25, 0.3) is 0 Å². The lowest BCUT2D eigenvalue weighted by atomic mass is 10.2. The van der Waals surface area contributed by atoms with Gasteiger partial charge in [0.05, 0.1) is 13.2 Å². The molecule has 1 saturated heterocycles. The molecule has 0 aliphatic carbocycles. The molecule has 3 heteroatoms. The standard InChI is InChI=1S/C4H9NO2/c1-4(2-6-4)3-7-5/h2-3,5H2,1H3. The van der Waals surface area contributed by atoms with E-state index < -0.39 is 0 Å². The molecule has 42 valence electrons. The summed E-state index contributed by atoms with van der Waals surface area (Å²) in [5.41, 5.74) is -0.0469. The smallest absolute Gasteiger partial charge is 0.114 e. The third kappa shape index (κ3) is 1.12. The Morgan fingerprint density at radius 2 is 2.57 bits per heavy atom. The van der Waals surface area contributed by atoms with E-state index in [0.29, 0.717) is 6.61 Å². The molecule has 2 N–H and O–H groups in total. The molecular weight excluding hydrogens is 94.0 g/mol. The van der Waals surface area contributed by atoms with Crippen molar-refractivity contribution in [3.05, 3.63) is 0 Å². The van der Waals surface area contributed by atoms with Crippen LogP contribution in [0, 0.1) is 0 Å². The predicted molar refractivity (Wildman–Crippen MR) is 24.5 cm³/mol. The molecule has 0 aromatic rings. The Kier molecular flexibility index (Phi) is 1.03. The number of hydrogen-bond acceptors (Lipinski definition) is 3. The number of ether oxygens (including phenoxy) is 1. The minimum Gasteiger partial charge on any atom is -0.367 e. The van der Waals surface area contributed by atoms with Crippen molar-refractivity contribution in [2.24, 2.45) is 5.90 Å². The first-order chi connectivity index (χ1) is 3.27. The van der Waals surface area contributed by atoms with Crippen molar-refractivity contribution in [2.45, 2.75) is 12.5 Å². The van der Waals surface area contributed by atoms with Crippen LogP contribution in [0.15, 0.2) is 0 Å². The molecule has 0 aromatic carbocycles. The fraction of sp³-hybridized carbons (Fsp3) is 1.00. The molecule has 0 spiro atoms. The summed E-state index contributed by atoms with van der Waals surface area (Å²) in [5.74, 6) is 4.77. The van der Waals surface area contributed by atoms with Crippen LogP contribution in [0.2, 0.25) is 0 Å². The van der Waals surface area contributed by atoms with Crippen LogP contribution in [-0.4, -0.2) is 18.8 Å². The quantitative estimate of drug-likeness (QED) is 0.384. The van der Waals surface area contributed by atoms with Gasteiger partial charge in [-0.2, -0.15) is 0 Å². The molecule has 0 bridgehead atoms. The molecule has 0 aromatic heterocycles. The van der Waals surface area contributed by atoms with Crippen molar-refractivity contribution in [1.29, 1.82) is 0 Å². The Hall–Kier alpha value is -0.120. The van der Waals surface area contributed by atoms with Gasteiger partial charge in [-0.1, -0.05) is 0 Å². The van der Waals surface area contributed by atoms with Crippen LogP contribution in [-0.2, 0) is 9.57 Å². The average molecular weight is 103 g/mol. The predicted octanol–water partition coefficient (Wildman–Crippen LogP) is -0.334. The summed E-state index contributed by atoms with van der Waals surface area (Å²) in [6.07, 6.45) is 0. The van der Waals surface area contributed by atoms with Gasteiger partial charge in [-0.25, -0.2) is 5.90 Å². The van der Waals surface area contributed by atoms with Gasteiger partial charge >= 0.3 is 0 Å². The maximum absolute atomic E-state index is 4.93. The second-order valence-corrected chi connectivity index (χ2v) is 2.05. The second kappa shape index (κ2) is 1.43. The number of rotatable bonds is 2. The van der Waals surface area contributed by atoms with E-state index in [-0.39, 0.29) is 5.60 Å². The molecule has 1 aliphatic rings. The van der Waals surface area contributed by atoms with Crippen molar-refractivity contribution in [1.82, 2.24) is 0 Å². The lowest BCUT2D eigenvalue weighted by molar-refractivity contribution is 0.0866. The minimum atomic E-state index is -0.0469. The third-order valence-electron chi connectivity index (χ3n) is 1.03. The molecule has 1 aliphatic heterocycles. The highest BCUT2D eigenvalue weighted by Gasteiger charge is 2.39. The van der Waals surface area contributed by atoms with E-state index in [0.717, 1.165) is 6.61 Å². The van der Waals surface area contributed by atoms with Gasteiger partial charge in [-0.05, 0) is 6.92 Å². The van der Waals surface area contributed by atoms with Crippen LogP contribution in [0.5, 0.6) is 0 Å². The zero-order chi connectivity index (χ0) is 5.33. The van der Waals surface area contributed by atoms with Crippen molar-refractivity contribution >= 4 is 0 Å². The summed E-state index contributed by atoms with van der Waals surface area (Å²) in [7, 11) is 0. The molecule has 0 saturated carbocycles. The van der Waals surface area contributed by atoms with Gasteiger partial charge < -0.3 is 9.57 Å². The monoisotopic (exact) mass is 103 g/mol. The van der Waals surface area contributed by atoms with E-state index in [9.17, 15) is 0 Å². The lowest BCUT2D eigenvalue weighted by Crippen LogP contribution is -2.17. The van der Waals surface area contributed by atoms with Crippen molar-refractivity contribution in [3.8, 4) is 0 Å². The second-order valence-electron chi connectivity index (χ2n) is 2.05. The van der Waals surface area contributed by atoms with Crippen LogP contribution in [0.4, 0.5) is 0 Å². The van der Waals surface area contributed by atoms with Crippen molar-refractivity contribution in [2.75, 3.05) is 13.2 Å². The Morgan fingerprint density at radius 3 is 2.71 bits per heavy atom. The first-order valence-corrected chi connectivity index (χ1v) is 2.22. The highest BCUT2D eigenvalue weighted by atomic mass is 16.7. The van der Waals surface area contributed by atoms with Crippen LogP contribution < -0.4 is 5.90 Å². The largest absolute Gasteiger partial charge is 0.367 e. The van der Waals surface area contributed by atoms with Crippen LogP contribution in [0.25, 0.3) is 0 Å². The molecule has 1 atom stereocenters. The summed E-state index contributed by atoms with van der Waals surface area (Å²) < 4.78 is 4.93. The third-order valence-corrected chi connectivity index (χ3v) is 1.03. The Bertz CT molecular complexity index is 70.1. The van der Waals surface area contributed by atoms with Gasteiger partial charge in [0.2, 0.25) is 0 Å². The molecule has 0 amide bonds. The topological polar surface area (TPSA) is 47.8 Å². The zero-order valence-corrected chi connectivity index (χ0v) is 4.31. The van der Waals surface area contributed by atoms with E-state index in [1.165, 1.54) is 0 Å². The minimum absolute atomic E-state index is 0.0469. The van der Waals surface area contributed by atoms with Crippen LogP contribution >= 0.6 is 0 Å². The first kappa shape index (κ1) is 5.03. The average Bonchev–Trinajstić information content (AvgIpc) is 2.22. The van der Waals surface area contributed by atoms with Crippen molar-refractivity contribution < 1.29 is 9.57 Å². The van der Waals surface area contributed by atoms with Crippen LogP contribution in [0.3, 0.4) is 0 Å². The molecular formula is C4H9NO2.